The number of aliphatic hydroxyl groups excluding tert-OH is 1. The van der Waals surface area contributed by atoms with Crippen LogP contribution in [0.1, 0.15) is 43.7 Å². The Kier molecular flexibility index (Phi) is 6.60. The topological polar surface area (TPSA) is 89.3 Å². The second-order valence-corrected chi connectivity index (χ2v) is 9.66. The minimum absolute atomic E-state index is 0.0862. The van der Waals surface area contributed by atoms with E-state index in [2.05, 4.69) is 33.1 Å². The summed E-state index contributed by atoms with van der Waals surface area (Å²) in [5.74, 6) is -0.347. The van der Waals surface area contributed by atoms with E-state index in [0.29, 0.717) is 13.2 Å². The highest BCUT2D eigenvalue weighted by Crippen LogP contribution is 2.30. The molecule has 2 aromatic heterocycles. The number of anilines is 1. The van der Waals surface area contributed by atoms with Gasteiger partial charge in [0.05, 0.1) is 46.3 Å². The van der Waals surface area contributed by atoms with Gasteiger partial charge in [0.2, 0.25) is 0 Å². The summed E-state index contributed by atoms with van der Waals surface area (Å²) in [7, 11) is 0. The zero-order chi connectivity index (χ0) is 23.5. The van der Waals surface area contributed by atoms with Gasteiger partial charge in [-0.2, -0.15) is 0 Å². The fourth-order valence-corrected chi connectivity index (χ4v) is 5.42. The van der Waals surface area contributed by atoms with Gasteiger partial charge in [0.1, 0.15) is 0 Å². The van der Waals surface area contributed by atoms with Crippen molar-refractivity contribution in [2.24, 2.45) is 0 Å². The lowest BCUT2D eigenvalue weighted by molar-refractivity contribution is -0.137. The van der Waals surface area contributed by atoms with Gasteiger partial charge in [0.15, 0.2) is 5.13 Å². The number of imidazole rings is 1. The second-order valence-electron chi connectivity index (χ2n) is 8.63. The van der Waals surface area contributed by atoms with Gasteiger partial charge in [-0.25, -0.2) is 14.8 Å². The van der Waals surface area contributed by atoms with Crippen LogP contribution in [0.2, 0.25) is 0 Å². The van der Waals surface area contributed by atoms with Crippen LogP contribution in [0.15, 0.2) is 48.8 Å². The molecule has 0 amide bonds. The van der Waals surface area contributed by atoms with Crippen molar-refractivity contribution in [2.45, 2.75) is 51.3 Å². The summed E-state index contributed by atoms with van der Waals surface area (Å²) in [5, 5.41) is 14.6. The Bertz CT molecular complexity index is 1340. The Morgan fingerprint density at radius 3 is 2.97 bits per heavy atom. The van der Waals surface area contributed by atoms with Crippen molar-refractivity contribution in [1.82, 2.24) is 14.5 Å². The predicted molar refractivity (Wildman–Crippen MR) is 136 cm³/mol. The number of fused-ring (bicyclic) bond motifs is 2. The van der Waals surface area contributed by atoms with E-state index in [0.717, 1.165) is 57.6 Å². The molecule has 8 heteroatoms. The highest BCUT2D eigenvalue weighted by atomic mass is 32.1. The van der Waals surface area contributed by atoms with E-state index >= 15 is 0 Å². The van der Waals surface area contributed by atoms with Crippen molar-refractivity contribution in [3.05, 3.63) is 59.9 Å². The zero-order valence-electron chi connectivity index (χ0n) is 19.1. The molecule has 0 bridgehead atoms. The quantitative estimate of drug-likeness (QED) is 0.289. The van der Waals surface area contributed by atoms with Crippen molar-refractivity contribution in [1.29, 1.82) is 0 Å². The van der Waals surface area contributed by atoms with Crippen LogP contribution in [0.25, 0.3) is 27.3 Å². The number of thiazole rings is 1. The first kappa shape index (κ1) is 22.6. The van der Waals surface area contributed by atoms with Gasteiger partial charge in [0, 0.05) is 12.6 Å². The standard InChI is InChI=1S/C26H28N4O3S/c1-2-33-25(32)12-9-17-8-11-22-21(13-17)27-16-30(22)15-18-7-10-20-24(14-18)34-26(29-20)28-19-5-3-4-6-23(19)31/h7-14,16,19,23,31H,2-6,15H2,1H3,(H,28,29)/b12-9+/t19-,23-/m1/s1. The normalized spacial score (nSPS) is 18.6. The summed E-state index contributed by atoms with van der Waals surface area (Å²) < 4.78 is 8.18. The number of esters is 1. The number of aromatic nitrogens is 3. The van der Waals surface area contributed by atoms with Crippen molar-refractivity contribution in [3.63, 3.8) is 0 Å². The van der Waals surface area contributed by atoms with Gasteiger partial charge in [-0.15, -0.1) is 0 Å². The number of nitrogens with zero attached hydrogens (tertiary/aromatic N) is 3. The molecule has 2 aromatic carbocycles. The smallest absolute Gasteiger partial charge is 0.330 e. The fraction of sp³-hybridized carbons (Fsp3) is 0.346. The van der Waals surface area contributed by atoms with Gasteiger partial charge in [-0.1, -0.05) is 36.3 Å². The maximum absolute atomic E-state index is 11.5. The molecule has 2 atom stereocenters. The van der Waals surface area contributed by atoms with E-state index in [4.69, 9.17) is 9.72 Å². The maximum Gasteiger partial charge on any atom is 0.330 e. The molecular formula is C26H28N4O3S. The minimum atomic E-state index is -0.347. The summed E-state index contributed by atoms with van der Waals surface area (Å²) in [6.07, 6.45) is 8.80. The number of carbonyl (C=O) groups is 1. The van der Waals surface area contributed by atoms with E-state index in [1.54, 1.807) is 24.3 Å². The molecule has 4 aromatic rings. The average molecular weight is 477 g/mol. The van der Waals surface area contributed by atoms with E-state index in [9.17, 15) is 9.90 Å². The van der Waals surface area contributed by atoms with Crippen LogP contribution in [-0.4, -0.2) is 44.4 Å². The lowest BCUT2D eigenvalue weighted by Gasteiger charge is -2.27. The lowest BCUT2D eigenvalue weighted by Crippen LogP contribution is -2.36. The molecule has 0 spiro atoms. The first-order chi connectivity index (χ1) is 16.6. The highest BCUT2D eigenvalue weighted by Gasteiger charge is 2.23. The molecular weight excluding hydrogens is 448 g/mol. The number of carbonyl (C=O) groups excluding carboxylic acids is 1. The van der Waals surface area contributed by atoms with Crippen LogP contribution >= 0.6 is 11.3 Å². The molecule has 1 aliphatic rings. The van der Waals surface area contributed by atoms with Crippen LogP contribution in [0.3, 0.4) is 0 Å². The first-order valence-electron chi connectivity index (χ1n) is 11.7. The fourth-order valence-electron chi connectivity index (χ4n) is 4.43. The van der Waals surface area contributed by atoms with Gasteiger partial charge < -0.3 is 19.7 Å². The molecule has 5 rings (SSSR count). The molecule has 0 saturated heterocycles. The summed E-state index contributed by atoms with van der Waals surface area (Å²) in [6, 6.07) is 12.4. The van der Waals surface area contributed by atoms with Gasteiger partial charge >= 0.3 is 5.97 Å². The highest BCUT2D eigenvalue weighted by molar-refractivity contribution is 7.22. The van der Waals surface area contributed by atoms with Crippen molar-refractivity contribution in [2.75, 3.05) is 11.9 Å². The molecule has 1 fully saturated rings. The molecule has 0 unspecified atom stereocenters. The summed E-state index contributed by atoms with van der Waals surface area (Å²) in [6.45, 7) is 2.85. The molecule has 2 heterocycles. The van der Waals surface area contributed by atoms with Crippen LogP contribution in [0.5, 0.6) is 0 Å². The van der Waals surface area contributed by atoms with Gasteiger partial charge in [0.25, 0.3) is 0 Å². The Morgan fingerprint density at radius 2 is 2.12 bits per heavy atom. The third kappa shape index (κ3) is 4.98. The minimum Gasteiger partial charge on any atom is -0.463 e. The van der Waals surface area contributed by atoms with Crippen LogP contribution in [0.4, 0.5) is 5.13 Å². The number of ether oxygens (including phenoxy) is 1. The van der Waals surface area contributed by atoms with Crippen LogP contribution in [-0.2, 0) is 16.1 Å². The SMILES string of the molecule is CCOC(=O)/C=C/c1ccc2c(c1)ncn2Cc1ccc2nc(N[C@@H]3CCCC[C@H]3O)sc2c1. The number of hydrogen-bond acceptors (Lipinski definition) is 7. The first-order valence-corrected chi connectivity index (χ1v) is 12.5. The molecule has 1 saturated carbocycles. The van der Waals surface area contributed by atoms with Gasteiger partial charge in [-0.05, 0) is 61.2 Å². The molecule has 7 nitrogen and oxygen atoms in total. The lowest BCUT2D eigenvalue weighted by atomic mass is 9.93. The Labute approximate surface area is 202 Å². The molecule has 0 aliphatic heterocycles. The average Bonchev–Trinajstić information content (AvgIpc) is 3.42. The Morgan fingerprint density at radius 1 is 1.24 bits per heavy atom. The molecule has 176 valence electrons. The molecule has 2 N–H and O–H groups in total. The number of nitrogens with one attached hydrogen (secondary N) is 1. The van der Waals surface area contributed by atoms with Crippen molar-refractivity contribution in [3.8, 4) is 0 Å². The third-order valence-corrected chi connectivity index (χ3v) is 7.14. The number of hydrogen-bond donors (Lipinski definition) is 2. The Balaban J connectivity index is 1.31. The zero-order valence-corrected chi connectivity index (χ0v) is 19.9. The Hall–Kier alpha value is -3.23. The third-order valence-electron chi connectivity index (χ3n) is 6.19. The maximum atomic E-state index is 11.5. The monoisotopic (exact) mass is 476 g/mol. The summed E-state index contributed by atoms with van der Waals surface area (Å²) in [4.78, 5) is 20.8. The largest absolute Gasteiger partial charge is 0.463 e. The number of benzene rings is 2. The van der Waals surface area contributed by atoms with Crippen LogP contribution < -0.4 is 5.32 Å². The van der Waals surface area contributed by atoms with Crippen molar-refractivity contribution >= 4 is 49.8 Å². The number of rotatable bonds is 7. The van der Waals surface area contributed by atoms with E-state index in [1.165, 1.54) is 11.6 Å². The van der Waals surface area contributed by atoms with Crippen molar-refractivity contribution < 1.29 is 14.6 Å². The van der Waals surface area contributed by atoms with E-state index < -0.39 is 0 Å². The molecule has 1 aliphatic carbocycles. The molecule has 0 radical (unpaired) electrons. The van der Waals surface area contributed by atoms with E-state index in [1.807, 2.05) is 24.5 Å². The van der Waals surface area contributed by atoms with Gasteiger partial charge in [-0.3, -0.25) is 0 Å². The number of aliphatic hydroxyl groups is 1. The molecule has 34 heavy (non-hydrogen) atoms. The summed E-state index contributed by atoms with van der Waals surface area (Å²) >= 11 is 1.63. The summed E-state index contributed by atoms with van der Waals surface area (Å²) in [5.41, 5.74) is 4.95. The van der Waals surface area contributed by atoms with E-state index in [-0.39, 0.29) is 18.1 Å². The second kappa shape index (κ2) is 9.95. The predicted octanol–water partition coefficient (Wildman–Crippen LogP) is 4.99. The van der Waals surface area contributed by atoms with Crippen LogP contribution in [0, 0.1) is 0 Å².